The molecule has 0 aromatic heterocycles. The van der Waals surface area contributed by atoms with Gasteiger partial charge in [-0.25, -0.2) is 0 Å². The average Bonchev–Trinajstić information content (AvgIpc) is 2.34. The molecule has 4 nitrogen and oxygen atoms in total. The Morgan fingerprint density at radius 1 is 1.16 bits per heavy atom. The lowest BCUT2D eigenvalue weighted by atomic mass is 9.80. The van der Waals surface area contributed by atoms with Crippen molar-refractivity contribution in [3.05, 3.63) is 29.8 Å². The molecule has 1 aliphatic heterocycles. The average molecular weight is 262 g/mol. The van der Waals surface area contributed by atoms with Crippen LogP contribution in [-0.2, 0) is 6.54 Å². The van der Waals surface area contributed by atoms with Crippen LogP contribution >= 0.6 is 0 Å². The van der Waals surface area contributed by atoms with Crippen LogP contribution in [0.3, 0.4) is 0 Å². The molecule has 1 fully saturated rings. The first-order valence-corrected chi connectivity index (χ1v) is 6.77. The van der Waals surface area contributed by atoms with E-state index >= 15 is 0 Å². The van der Waals surface area contributed by atoms with Crippen molar-refractivity contribution >= 4 is 12.6 Å². The van der Waals surface area contributed by atoms with E-state index in [1.165, 1.54) is 5.56 Å². The molecule has 0 spiro atoms. The third-order valence-electron chi connectivity index (χ3n) is 4.08. The van der Waals surface area contributed by atoms with Crippen molar-refractivity contribution in [1.29, 1.82) is 0 Å². The number of nitrogens with zero attached hydrogens (tertiary/aromatic N) is 2. The fraction of sp³-hybridized carbons (Fsp3) is 0.571. The summed E-state index contributed by atoms with van der Waals surface area (Å²) in [6.45, 7) is 8.66. The van der Waals surface area contributed by atoms with E-state index in [9.17, 15) is 0 Å². The van der Waals surface area contributed by atoms with Crippen molar-refractivity contribution < 1.29 is 10.0 Å². The van der Waals surface area contributed by atoms with Crippen LogP contribution in [0.15, 0.2) is 24.3 Å². The molecule has 2 N–H and O–H groups in total. The molecule has 0 bridgehead atoms. The SMILES string of the molecule is CN1CCN(Cc2ccc(B(O)O)cc2)CC1(C)C. The first kappa shape index (κ1) is 14.5. The molecule has 1 saturated heterocycles. The highest BCUT2D eigenvalue weighted by atomic mass is 16.4. The number of hydrogen-bond donors (Lipinski definition) is 2. The van der Waals surface area contributed by atoms with Gasteiger partial charge in [0.2, 0.25) is 0 Å². The molecule has 1 aromatic carbocycles. The zero-order valence-electron chi connectivity index (χ0n) is 12.0. The van der Waals surface area contributed by atoms with Crippen LogP contribution < -0.4 is 5.46 Å². The minimum absolute atomic E-state index is 0.208. The molecule has 0 radical (unpaired) electrons. The largest absolute Gasteiger partial charge is 0.488 e. The molecule has 104 valence electrons. The minimum atomic E-state index is -1.38. The van der Waals surface area contributed by atoms with Crippen molar-refractivity contribution in [2.45, 2.75) is 25.9 Å². The number of hydrogen-bond acceptors (Lipinski definition) is 4. The molecule has 1 heterocycles. The molecule has 0 atom stereocenters. The predicted octanol–water partition coefficient (Wildman–Crippen LogP) is -0.108. The number of rotatable bonds is 3. The van der Waals surface area contributed by atoms with Gasteiger partial charge < -0.3 is 10.0 Å². The van der Waals surface area contributed by atoms with Crippen molar-refractivity contribution in [3.8, 4) is 0 Å². The van der Waals surface area contributed by atoms with E-state index in [2.05, 4.69) is 30.7 Å². The van der Waals surface area contributed by atoms with Gasteiger partial charge in [-0.05, 0) is 31.9 Å². The molecular formula is C14H23BN2O2. The quantitative estimate of drug-likeness (QED) is 0.746. The van der Waals surface area contributed by atoms with E-state index in [4.69, 9.17) is 10.0 Å². The normalized spacial score (nSPS) is 20.5. The summed E-state index contributed by atoms with van der Waals surface area (Å²) in [5.74, 6) is 0. The topological polar surface area (TPSA) is 46.9 Å². The second-order valence-corrected chi connectivity index (χ2v) is 6.06. The van der Waals surface area contributed by atoms with Crippen LogP contribution in [0.4, 0.5) is 0 Å². The summed E-state index contributed by atoms with van der Waals surface area (Å²) in [5.41, 5.74) is 1.96. The van der Waals surface area contributed by atoms with Crippen LogP contribution in [0.25, 0.3) is 0 Å². The molecule has 19 heavy (non-hydrogen) atoms. The molecular weight excluding hydrogens is 239 g/mol. The van der Waals surface area contributed by atoms with Crippen LogP contribution in [0.1, 0.15) is 19.4 Å². The molecule has 2 rings (SSSR count). The summed E-state index contributed by atoms with van der Waals surface area (Å²) in [6, 6.07) is 7.50. The summed E-state index contributed by atoms with van der Waals surface area (Å²) in [7, 11) is 0.797. The van der Waals surface area contributed by atoms with Crippen LogP contribution in [0.5, 0.6) is 0 Å². The van der Waals surface area contributed by atoms with Gasteiger partial charge in [0.25, 0.3) is 0 Å². The molecule has 1 aromatic rings. The lowest BCUT2D eigenvalue weighted by Crippen LogP contribution is -2.57. The smallest absolute Gasteiger partial charge is 0.423 e. The van der Waals surface area contributed by atoms with Gasteiger partial charge in [-0.15, -0.1) is 0 Å². The summed E-state index contributed by atoms with van der Waals surface area (Å²) < 4.78 is 0. The second-order valence-electron chi connectivity index (χ2n) is 6.06. The Kier molecular flexibility index (Phi) is 4.31. The molecule has 0 aliphatic carbocycles. The Balaban J connectivity index is 1.98. The van der Waals surface area contributed by atoms with Crippen molar-refractivity contribution in [2.24, 2.45) is 0 Å². The molecule has 5 heteroatoms. The fourth-order valence-electron chi connectivity index (χ4n) is 2.53. The third kappa shape index (κ3) is 3.57. The summed E-state index contributed by atoms with van der Waals surface area (Å²) in [5, 5.41) is 18.1. The molecule has 0 amide bonds. The van der Waals surface area contributed by atoms with Crippen LogP contribution in [0, 0.1) is 0 Å². The Labute approximate surface area is 115 Å². The van der Waals surface area contributed by atoms with E-state index < -0.39 is 7.12 Å². The Morgan fingerprint density at radius 2 is 1.79 bits per heavy atom. The van der Waals surface area contributed by atoms with Gasteiger partial charge >= 0.3 is 7.12 Å². The molecule has 0 saturated carbocycles. The lowest BCUT2D eigenvalue weighted by molar-refractivity contribution is 0.0360. The standard InChI is InChI=1S/C14H23BN2O2/c1-14(2)11-17(9-8-16(14)3)10-12-4-6-13(7-5-12)15(18)19/h4-7,18-19H,8-11H2,1-3H3. The maximum absolute atomic E-state index is 9.07. The van der Waals surface area contributed by atoms with E-state index in [-0.39, 0.29) is 5.54 Å². The van der Waals surface area contributed by atoms with Gasteiger partial charge in [0.1, 0.15) is 0 Å². The zero-order valence-corrected chi connectivity index (χ0v) is 12.0. The summed E-state index contributed by atoms with van der Waals surface area (Å²) in [6.07, 6.45) is 0. The predicted molar refractivity (Wildman–Crippen MR) is 78.3 cm³/mol. The van der Waals surface area contributed by atoms with Gasteiger partial charge in [-0.3, -0.25) is 9.80 Å². The maximum atomic E-state index is 9.07. The lowest BCUT2D eigenvalue weighted by Gasteiger charge is -2.45. The first-order valence-electron chi connectivity index (χ1n) is 6.77. The van der Waals surface area contributed by atoms with Crippen LogP contribution in [-0.4, -0.2) is 59.2 Å². The van der Waals surface area contributed by atoms with Crippen molar-refractivity contribution in [2.75, 3.05) is 26.7 Å². The summed E-state index contributed by atoms with van der Waals surface area (Å²) in [4.78, 5) is 4.85. The summed E-state index contributed by atoms with van der Waals surface area (Å²) >= 11 is 0. The number of benzene rings is 1. The van der Waals surface area contributed by atoms with E-state index in [1.807, 2.05) is 12.1 Å². The molecule has 1 aliphatic rings. The Bertz CT molecular complexity index is 420. The van der Waals surface area contributed by atoms with E-state index in [1.54, 1.807) is 12.1 Å². The number of likely N-dealkylation sites (N-methyl/N-ethyl adjacent to an activating group) is 1. The molecule has 0 unspecified atom stereocenters. The zero-order chi connectivity index (χ0) is 14.0. The highest BCUT2D eigenvalue weighted by molar-refractivity contribution is 6.58. The Morgan fingerprint density at radius 3 is 2.32 bits per heavy atom. The van der Waals surface area contributed by atoms with Gasteiger partial charge in [-0.2, -0.15) is 0 Å². The monoisotopic (exact) mass is 262 g/mol. The van der Waals surface area contributed by atoms with Gasteiger partial charge in [-0.1, -0.05) is 24.3 Å². The minimum Gasteiger partial charge on any atom is -0.423 e. The van der Waals surface area contributed by atoms with Crippen molar-refractivity contribution in [3.63, 3.8) is 0 Å². The Hall–Kier alpha value is -0.875. The van der Waals surface area contributed by atoms with Gasteiger partial charge in [0, 0.05) is 31.7 Å². The fourth-order valence-corrected chi connectivity index (χ4v) is 2.53. The second kappa shape index (κ2) is 5.63. The van der Waals surface area contributed by atoms with E-state index in [0.29, 0.717) is 5.46 Å². The van der Waals surface area contributed by atoms with Crippen molar-refractivity contribution in [1.82, 2.24) is 9.80 Å². The first-order chi connectivity index (χ1) is 8.88. The highest BCUT2D eigenvalue weighted by Gasteiger charge is 2.30. The van der Waals surface area contributed by atoms with Gasteiger partial charge in [0.15, 0.2) is 0 Å². The van der Waals surface area contributed by atoms with E-state index in [0.717, 1.165) is 26.2 Å². The maximum Gasteiger partial charge on any atom is 0.488 e. The third-order valence-corrected chi connectivity index (χ3v) is 4.08. The van der Waals surface area contributed by atoms with Gasteiger partial charge in [0.05, 0.1) is 0 Å². The highest BCUT2D eigenvalue weighted by Crippen LogP contribution is 2.20. The van der Waals surface area contributed by atoms with Crippen LogP contribution in [0.2, 0.25) is 0 Å². The number of piperazine rings is 1.